The first-order chi connectivity index (χ1) is 13.0. The van der Waals surface area contributed by atoms with Crippen LogP contribution in [0.2, 0.25) is 0 Å². The lowest BCUT2D eigenvalue weighted by Crippen LogP contribution is -2.02. The summed E-state index contributed by atoms with van der Waals surface area (Å²) in [6.07, 6.45) is 3.82. The third kappa shape index (κ3) is 3.93. The molecular formula is C21H18N4O2. The number of benzene rings is 1. The first-order valence-corrected chi connectivity index (χ1v) is 8.41. The van der Waals surface area contributed by atoms with Gasteiger partial charge in [0.25, 0.3) is 0 Å². The quantitative estimate of drug-likeness (QED) is 0.698. The second-order valence-electron chi connectivity index (χ2n) is 5.95. The summed E-state index contributed by atoms with van der Waals surface area (Å²) < 4.78 is 0. The van der Waals surface area contributed by atoms with Gasteiger partial charge in [0.15, 0.2) is 0 Å². The molecule has 0 aliphatic carbocycles. The molecule has 0 atom stereocenters. The summed E-state index contributed by atoms with van der Waals surface area (Å²) >= 11 is 0. The maximum atomic E-state index is 11.3. The number of nitrogens with zero attached hydrogens (tertiary/aromatic N) is 3. The topological polar surface area (TPSA) is 102 Å². The highest BCUT2D eigenvalue weighted by Crippen LogP contribution is 2.25. The van der Waals surface area contributed by atoms with Crippen LogP contribution in [0.1, 0.15) is 39.7 Å². The molecule has 0 unspecified atom stereocenters. The van der Waals surface area contributed by atoms with E-state index < -0.39 is 5.97 Å². The van der Waals surface area contributed by atoms with Crippen molar-refractivity contribution in [3.8, 4) is 23.1 Å². The van der Waals surface area contributed by atoms with E-state index >= 15 is 0 Å². The van der Waals surface area contributed by atoms with Crippen LogP contribution < -0.4 is 5.73 Å². The molecule has 0 saturated heterocycles. The molecule has 0 saturated carbocycles. The molecule has 134 valence electrons. The van der Waals surface area contributed by atoms with Gasteiger partial charge in [-0.2, -0.15) is 0 Å². The van der Waals surface area contributed by atoms with Crippen LogP contribution in [0.3, 0.4) is 0 Å². The Morgan fingerprint density at radius 3 is 2.59 bits per heavy atom. The monoisotopic (exact) mass is 358 g/mol. The average Bonchev–Trinajstić information content (AvgIpc) is 2.67. The van der Waals surface area contributed by atoms with Crippen molar-refractivity contribution >= 4 is 11.8 Å². The lowest BCUT2D eigenvalue weighted by molar-refractivity contribution is 0.0696. The van der Waals surface area contributed by atoms with Gasteiger partial charge in [0.1, 0.15) is 12.1 Å². The van der Waals surface area contributed by atoms with Crippen LogP contribution in [0.5, 0.6) is 0 Å². The maximum Gasteiger partial charge on any atom is 0.335 e. The molecule has 0 radical (unpaired) electrons. The molecule has 0 spiro atoms. The molecule has 27 heavy (non-hydrogen) atoms. The Morgan fingerprint density at radius 2 is 1.96 bits per heavy atom. The Kier molecular flexibility index (Phi) is 5.13. The Balaban J connectivity index is 2.11. The van der Waals surface area contributed by atoms with Gasteiger partial charge in [-0.05, 0) is 43.2 Å². The normalized spacial score (nSPS) is 10.1. The molecule has 6 nitrogen and oxygen atoms in total. The maximum absolute atomic E-state index is 11.3. The summed E-state index contributed by atoms with van der Waals surface area (Å²) in [6, 6.07) is 8.63. The van der Waals surface area contributed by atoms with Crippen LogP contribution in [0, 0.1) is 18.8 Å². The van der Waals surface area contributed by atoms with E-state index in [4.69, 9.17) is 5.73 Å². The minimum absolute atomic E-state index is 0.268. The number of carbonyl (C=O) groups is 1. The molecule has 6 heteroatoms. The van der Waals surface area contributed by atoms with Crippen molar-refractivity contribution in [2.24, 2.45) is 0 Å². The zero-order valence-electron chi connectivity index (χ0n) is 15.0. The highest BCUT2D eigenvalue weighted by atomic mass is 16.4. The van der Waals surface area contributed by atoms with Gasteiger partial charge in [-0.25, -0.2) is 19.7 Å². The van der Waals surface area contributed by atoms with E-state index in [-0.39, 0.29) is 5.56 Å². The van der Waals surface area contributed by atoms with E-state index in [1.165, 1.54) is 6.33 Å². The number of aryl methyl sites for hydroxylation is 2. The van der Waals surface area contributed by atoms with Gasteiger partial charge in [-0.3, -0.25) is 0 Å². The van der Waals surface area contributed by atoms with Crippen molar-refractivity contribution < 1.29 is 9.90 Å². The molecular weight excluding hydrogens is 340 g/mol. The predicted octanol–water partition coefficient (Wildman–Crippen LogP) is 3.09. The molecule has 2 heterocycles. The van der Waals surface area contributed by atoms with Crippen LogP contribution in [0.25, 0.3) is 11.3 Å². The zero-order valence-corrected chi connectivity index (χ0v) is 15.0. The molecule has 3 aromatic rings. The summed E-state index contributed by atoms with van der Waals surface area (Å²) in [5.74, 6) is 5.71. The molecule has 0 aliphatic rings. The SMILES string of the molecule is CCc1ncnc(-c2ccc(C(=O)O)c(C)c2)c1C#Cc1ccc(N)nc1. The molecule has 2 aromatic heterocycles. The van der Waals surface area contributed by atoms with Gasteiger partial charge >= 0.3 is 5.97 Å². The van der Waals surface area contributed by atoms with E-state index in [0.717, 1.165) is 22.4 Å². The van der Waals surface area contributed by atoms with Gasteiger partial charge in [-0.1, -0.05) is 24.8 Å². The van der Waals surface area contributed by atoms with Crippen LogP contribution >= 0.6 is 0 Å². The number of carboxylic acid groups (broad SMARTS) is 1. The van der Waals surface area contributed by atoms with Gasteiger partial charge < -0.3 is 10.8 Å². The number of carboxylic acids is 1. The minimum atomic E-state index is -0.952. The van der Waals surface area contributed by atoms with Gasteiger partial charge in [0.2, 0.25) is 0 Å². The molecule has 0 amide bonds. The molecule has 3 rings (SSSR count). The van der Waals surface area contributed by atoms with Gasteiger partial charge in [0, 0.05) is 17.3 Å². The number of aromatic carboxylic acids is 1. The van der Waals surface area contributed by atoms with Crippen molar-refractivity contribution in [3.05, 3.63) is 70.8 Å². The van der Waals surface area contributed by atoms with Crippen LogP contribution in [0.15, 0.2) is 42.9 Å². The van der Waals surface area contributed by atoms with Crippen molar-refractivity contribution in [1.82, 2.24) is 15.0 Å². The highest BCUT2D eigenvalue weighted by Gasteiger charge is 2.13. The van der Waals surface area contributed by atoms with Gasteiger partial charge in [-0.15, -0.1) is 0 Å². The smallest absolute Gasteiger partial charge is 0.335 e. The van der Waals surface area contributed by atoms with E-state index in [1.54, 1.807) is 43.5 Å². The fourth-order valence-electron chi connectivity index (χ4n) is 2.71. The standard InChI is InChI=1S/C21H18N4O2/c1-3-18-17(7-4-14-5-9-19(22)23-11-14)20(25-12-24-18)15-6-8-16(21(26)27)13(2)10-15/h5-6,8-12H,3H2,1-2H3,(H2,22,23)(H,26,27). The summed E-state index contributed by atoms with van der Waals surface area (Å²) in [6.45, 7) is 3.76. The third-order valence-electron chi connectivity index (χ3n) is 4.11. The van der Waals surface area contributed by atoms with Crippen LogP contribution in [-0.2, 0) is 6.42 Å². The lowest BCUT2D eigenvalue weighted by Gasteiger charge is -2.09. The summed E-state index contributed by atoms with van der Waals surface area (Å²) in [7, 11) is 0. The third-order valence-corrected chi connectivity index (χ3v) is 4.11. The first kappa shape index (κ1) is 18.1. The Hall–Kier alpha value is -3.72. The van der Waals surface area contributed by atoms with Crippen molar-refractivity contribution in [2.75, 3.05) is 5.73 Å². The number of nitrogens with two attached hydrogens (primary N) is 1. The summed E-state index contributed by atoms with van der Waals surface area (Å²) in [4.78, 5) is 24.0. The van der Waals surface area contributed by atoms with Crippen LogP contribution in [-0.4, -0.2) is 26.0 Å². The molecule has 1 aromatic carbocycles. The summed E-state index contributed by atoms with van der Waals surface area (Å²) in [5, 5.41) is 9.23. The average molecular weight is 358 g/mol. The van der Waals surface area contributed by atoms with Crippen molar-refractivity contribution in [2.45, 2.75) is 20.3 Å². The number of anilines is 1. The predicted molar refractivity (Wildman–Crippen MR) is 103 cm³/mol. The number of hydrogen-bond acceptors (Lipinski definition) is 5. The molecule has 0 aliphatic heterocycles. The van der Waals surface area contributed by atoms with Crippen molar-refractivity contribution in [1.29, 1.82) is 0 Å². The first-order valence-electron chi connectivity index (χ1n) is 8.41. The Morgan fingerprint density at radius 1 is 1.15 bits per heavy atom. The van der Waals surface area contributed by atoms with Crippen LogP contribution in [0.4, 0.5) is 5.82 Å². The molecule has 0 fully saturated rings. The van der Waals surface area contributed by atoms with E-state index in [9.17, 15) is 9.90 Å². The second-order valence-corrected chi connectivity index (χ2v) is 5.95. The number of pyridine rings is 1. The number of rotatable bonds is 3. The Bertz CT molecular complexity index is 1060. The zero-order chi connectivity index (χ0) is 19.4. The van der Waals surface area contributed by atoms with E-state index in [0.29, 0.717) is 23.5 Å². The van der Waals surface area contributed by atoms with E-state index in [2.05, 4.69) is 26.8 Å². The van der Waals surface area contributed by atoms with E-state index in [1.807, 2.05) is 6.92 Å². The van der Waals surface area contributed by atoms with Crippen molar-refractivity contribution in [3.63, 3.8) is 0 Å². The fraction of sp³-hybridized carbons (Fsp3) is 0.143. The molecule has 3 N–H and O–H groups in total. The number of hydrogen-bond donors (Lipinski definition) is 2. The molecule has 0 bridgehead atoms. The largest absolute Gasteiger partial charge is 0.478 e. The summed E-state index contributed by atoms with van der Waals surface area (Å²) in [5.41, 5.74) is 10.3. The number of nitrogen functional groups attached to an aromatic ring is 1. The lowest BCUT2D eigenvalue weighted by atomic mass is 9.99. The highest BCUT2D eigenvalue weighted by molar-refractivity contribution is 5.90. The fourth-order valence-corrected chi connectivity index (χ4v) is 2.71. The Labute approximate surface area is 157 Å². The van der Waals surface area contributed by atoms with Gasteiger partial charge in [0.05, 0.1) is 22.5 Å². The number of aromatic nitrogens is 3. The second kappa shape index (κ2) is 7.67. The minimum Gasteiger partial charge on any atom is -0.478 e.